The van der Waals surface area contributed by atoms with Gasteiger partial charge >= 0.3 is 0 Å². The van der Waals surface area contributed by atoms with Crippen molar-refractivity contribution in [2.75, 3.05) is 6.54 Å². The smallest absolute Gasteiger partial charge is 0.00747 e. The van der Waals surface area contributed by atoms with Crippen LogP contribution in [-0.2, 0) is 12.8 Å². The van der Waals surface area contributed by atoms with Crippen LogP contribution in [0.4, 0.5) is 0 Å². The highest BCUT2D eigenvalue weighted by atomic mass is 14.5. The van der Waals surface area contributed by atoms with E-state index in [0.29, 0.717) is 0 Å². The molecule has 1 aromatic carbocycles. The molecular weight excluding hydrogens is 206 g/mol. The maximum Gasteiger partial charge on any atom is -0.00747 e. The van der Waals surface area contributed by atoms with Gasteiger partial charge in [0, 0.05) is 0 Å². The zero-order valence-electron chi connectivity index (χ0n) is 11.4. The molecule has 17 heavy (non-hydrogen) atoms. The highest BCUT2D eigenvalue weighted by Gasteiger charge is 2.01. The number of unbranched alkanes of at least 4 members (excludes halogenated alkanes) is 1. The van der Waals surface area contributed by atoms with Crippen molar-refractivity contribution in [1.29, 1.82) is 0 Å². The third-order valence-corrected chi connectivity index (χ3v) is 3.43. The minimum absolute atomic E-state index is 0.750. The third kappa shape index (κ3) is 5.88. The van der Waals surface area contributed by atoms with Crippen molar-refractivity contribution in [3.63, 3.8) is 0 Å². The van der Waals surface area contributed by atoms with E-state index in [1.165, 1.54) is 43.2 Å². The molecule has 1 aromatic rings. The highest BCUT2D eigenvalue weighted by molar-refractivity contribution is 5.22. The topological polar surface area (TPSA) is 26.0 Å². The monoisotopic (exact) mass is 233 g/mol. The Balaban J connectivity index is 2.34. The lowest BCUT2D eigenvalue weighted by Crippen LogP contribution is -2.06. The summed E-state index contributed by atoms with van der Waals surface area (Å²) in [6.07, 6.45) is 7.39. The molecule has 0 bridgehead atoms. The van der Waals surface area contributed by atoms with Gasteiger partial charge in [-0.3, -0.25) is 0 Å². The van der Waals surface area contributed by atoms with Crippen LogP contribution in [0.5, 0.6) is 0 Å². The first kappa shape index (κ1) is 14.2. The predicted octanol–water partition coefficient (Wildman–Crippen LogP) is 3.95. The van der Waals surface area contributed by atoms with Gasteiger partial charge in [0.05, 0.1) is 0 Å². The first-order valence-electron chi connectivity index (χ1n) is 7.04. The summed E-state index contributed by atoms with van der Waals surface area (Å²) in [5.74, 6) is 0.750. The first-order chi connectivity index (χ1) is 8.26. The van der Waals surface area contributed by atoms with E-state index in [1.807, 2.05) is 0 Å². The molecule has 0 saturated carbocycles. The lowest BCUT2D eigenvalue weighted by Gasteiger charge is -2.10. The van der Waals surface area contributed by atoms with E-state index in [9.17, 15) is 0 Å². The molecule has 0 aliphatic heterocycles. The molecule has 1 atom stereocenters. The van der Waals surface area contributed by atoms with Crippen molar-refractivity contribution < 1.29 is 0 Å². The molecule has 0 radical (unpaired) electrons. The van der Waals surface area contributed by atoms with Crippen molar-refractivity contribution >= 4 is 0 Å². The van der Waals surface area contributed by atoms with Gasteiger partial charge in [-0.15, -0.1) is 0 Å². The fraction of sp³-hybridized carbons (Fsp3) is 0.625. The van der Waals surface area contributed by atoms with Crippen molar-refractivity contribution in [3.8, 4) is 0 Å². The fourth-order valence-electron chi connectivity index (χ4n) is 2.10. The molecule has 1 rings (SSSR count). The molecule has 0 heterocycles. The van der Waals surface area contributed by atoms with Gasteiger partial charge in [0.15, 0.2) is 0 Å². The van der Waals surface area contributed by atoms with E-state index in [1.54, 1.807) is 0 Å². The average Bonchev–Trinajstić information content (AvgIpc) is 2.35. The fourth-order valence-corrected chi connectivity index (χ4v) is 2.10. The zero-order valence-corrected chi connectivity index (χ0v) is 11.4. The highest BCUT2D eigenvalue weighted by Crippen LogP contribution is 2.14. The molecule has 0 aromatic heterocycles. The average molecular weight is 233 g/mol. The summed E-state index contributed by atoms with van der Waals surface area (Å²) >= 11 is 0. The molecule has 2 N–H and O–H groups in total. The summed E-state index contributed by atoms with van der Waals surface area (Å²) in [4.78, 5) is 0. The van der Waals surface area contributed by atoms with Gasteiger partial charge < -0.3 is 5.73 Å². The number of rotatable bonds is 8. The Morgan fingerprint density at radius 1 is 1.00 bits per heavy atom. The molecule has 0 fully saturated rings. The third-order valence-electron chi connectivity index (χ3n) is 3.43. The van der Waals surface area contributed by atoms with Gasteiger partial charge in [-0.2, -0.15) is 0 Å². The quantitative estimate of drug-likeness (QED) is 0.723. The van der Waals surface area contributed by atoms with Crippen LogP contribution in [0.25, 0.3) is 0 Å². The number of benzene rings is 1. The summed E-state index contributed by atoms with van der Waals surface area (Å²) in [5.41, 5.74) is 8.51. The van der Waals surface area contributed by atoms with Crippen LogP contribution >= 0.6 is 0 Å². The lowest BCUT2D eigenvalue weighted by molar-refractivity contribution is 0.500. The standard InChI is InChI=1S/C16H27N/c1-3-4-5-15-8-10-16(11-9-15)7-6-14(2)12-13-17/h8-11,14H,3-7,12-13,17H2,1-2H3. The largest absolute Gasteiger partial charge is 0.330 e. The van der Waals surface area contributed by atoms with E-state index in [2.05, 4.69) is 38.1 Å². The SMILES string of the molecule is CCCCc1ccc(CCC(C)CCN)cc1. The van der Waals surface area contributed by atoms with Crippen molar-refractivity contribution in [2.45, 2.75) is 52.4 Å². The van der Waals surface area contributed by atoms with Crippen LogP contribution in [0, 0.1) is 5.92 Å². The van der Waals surface area contributed by atoms with Crippen LogP contribution in [0.2, 0.25) is 0 Å². The molecule has 0 saturated heterocycles. The van der Waals surface area contributed by atoms with E-state index >= 15 is 0 Å². The van der Waals surface area contributed by atoms with Gasteiger partial charge in [-0.25, -0.2) is 0 Å². The van der Waals surface area contributed by atoms with Crippen LogP contribution < -0.4 is 5.73 Å². The summed E-state index contributed by atoms with van der Waals surface area (Å²) in [5, 5.41) is 0. The molecule has 96 valence electrons. The van der Waals surface area contributed by atoms with Gasteiger partial charge in [-0.1, -0.05) is 44.5 Å². The van der Waals surface area contributed by atoms with Gasteiger partial charge in [-0.05, 0) is 55.7 Å². The van der Waals surface area contributed by atoms with E-state index in [4.69, 9.17) is 5.73 Å². The molecule has 1 heteroatoms. The Kier molecular flexibility index (Phi) is 6.95. The van der Waals surface area contributed by atoms with Crippen molar-refractivity contribution in [2.24, 2.45) is 11.7 Å². The van der Waals surface area contributed by atoms with Crippen molar-refractivity contribution in [3.05, 3.63) is 35.4 Å². The number of hydrogen-bond acceptors (Lipinski definition) is 1. The number of aryl methyl sites for hydroxylation is 2. The number of hydrogen-bond donors (Lipinski definition) is 1. The summed E-state index contributed by atoms with van der Waals surface area (Å²) in [6.45, 7) is 5.35. The Hall–Kier alpha value is -0.820. The molecule has 0 amide bonds. The van der Waals surface area contributed by atoms with E-state index in [0.717, 1.165) is 18.9 Å². The predicted molar refractivity (Wildman–Crippen MR) is 76.2 cm³/mol. The molecule has 1 unspecified atom stereocenters. The van der Waals surface area contributed by atoms with Crippen LogP contribution in [0.1, 0.15) is 50.7 Å². The second-order valence-corrected chi connectivity index (χ2v) is 5.14. The first-order valence-corrected chi connectivity index (χ1v) is 7.04. The minimum atomic E-state index is 0.750. The van der Waals surface area contributed by atoms with E-state index in [-0.39, 0.29) is 0 Å². The second kappa shape index (κ2) is 8.30. The molecule has 0 spiro atoms. The van der Waals surface area contributed by atoms with Gasteiger partial charge in [0.1, 0.15) is 0 Å². The van der Waals surface area contributed by atoms with Crippen molar-refractivity contribution in [1.82, 2.24) is 0 Å². The van der Waals surface area contributed by atoms with Gasteiger partial charge in [0.25, 0.3) is 0 Å². The van der Waals surface area contributed by atoms with E-state index < -0.39 is 0 Å². The molecule has 1 nitrogen and oxygen atoms in total. The summed E-state index contributed by atoms with van der Waals surface area (Å²) < 4.78 is 0. The normalized spacial score (nSPS) is 12.6. The Bertz CT molecular complexity index is 289. The van der Waals surface area contributed by atoms with Gasteiger partial charge in [0.2, 0.25) is 0 Å². The van der Waals surface area contributed by atoms with Crippen LogP contribution in [-0.4, -0.2) is 6.54 Å². The molecule has 0 aliphatic carbocycles. The summed E-state index contributed by atoms with van der Waals surface area (Å²) in [6, 6.07) is 9.16. The molecular formula is C16H27N. The summed E-state index contributed by atoms with van der Waals surface area (Å²) in [7, 11) is 0. The second-order valence-electron chi connectivity index (χ2n) is 5.14. The zero-order chi connectivity index (χ0) is 12.5. The van der Waals surface area contributed by atoms with Crippen LogP contribution in [0.3, 0.4) is 0 Å². The Morgan fingerprint density at radius 3 is 2.12 bits per heavy atom. The Labute approximate surface area is 106 Å². The maximum atomic E-state index is 5.56. The lowest BCUT2D eigenvalue weighted by atomic mass is 9.97. The maximum absolute atomic E-state index is 5.56. The number of nitrogens with two attached hydrogens (primary N) is 1. The molecule has 0 aliphatic rings. The Morgan fingerprint density at radius 2 is 1.59 bits per heavy atom. The van der Waals surface area contributed by atoms with Crippen LogP contribution in [0.15, 0.2) is 24.3 Å². The minimum Gasteiger partial charge on any atom is -0.330 e.